The van der Waals surface area contributed by atoms with Crippen molar-refractivity contribution in [1.82, 2.24) is 5.32 Å². The first-order chi connectivity index (χ1) is 9.90. The zero-order valence-electron chi connectivity index (χ0n) is 11.7. The maximum absolute atomic E-state index is 12.1. The van der Waals surface area contributed by atoms with Crippen molar-refractivity contribution in [3.63, 3.8) is 0 Å². The molecule has 6 heteroatoms. The quantitative estimate of drug-likeness (QED) is 0.922. The van der Waals surface area contributed by atoms with E-state index in [1.165, 1.54) is 12.1 Å². The van der Waals surface area contributed by atoms with Crippen LogP contribution in [0.15, 0.2) is 24.3 Å². The van der Waals surface area contributed by atoms with Crippen LogP contribution in [-0.2, 0) is 4.74 Å². The summed E-state index contributed by atoms with van der Waals surface area (Å²) in [6.45, 7) is 2.01. The number of rotatable bonds is 4. The van der Waals surface area contributed by atoms with E-state index in [-0.39, 0.29) is 17.9 Å². The molecule has 0 spiro atoms. The smallest absolute Gasteiger partial charge is 0.406 e. The molecule has 2 aliphatic heterocycles. The van der Waals surface area contributed by atoms with Gasteiger partial charge in [-0.2, -0.15) is 0 Å². The number of hydrogen-bond donors (Lipinski definition) is 1. The van der Waals surface area contributed by atoms with Crippen LogP contribution in [0.1, 0.15) is 37.8 Å². The van der Waals surface area contributed by atoms with Gasteiger partial charge < -0.3 is 14.8 Å². The first kappa shape index (κ1) is 14.7. The Hall–Kier alpha value is -1.27. The van der Waals surface area contributed by atoms with E-state index in [2.05, 4.69) is 10.1 Å². The number of ether oxygens (including phenoxy) is 2. The number of benzene rings is 1. The lowest BCUT2D eigenvalue weighted by Crippen LogP contribution is -2.38. The predicted octanol–water partition coefficient (Wildman–Crippen LogP) is 3.56. The second-order valence-electron chi connectivity index (χ2n) is 5.72. The zero-order valence-corrected chi connectivity index (χ0v) is 11.7. The molecule has 21 heavy (non-hydrogen) atoms. The molecule has 3 nitrogen and oxygen atoms in total. The van der Waals surface area contributed by atoms with E-state index in [9.17, 15) is 13.2 Å². The minimum Gasteiger partial charge on any atom is -0.406 e. The molecule has 2 aliphatic rings. The lowest BCUT2D eigenvalue weighted by molar-refractivity contribution is -0.274. The summed E-state index contributed by atoms with van der Waals surface area (Å²) in [4.78, 5) is 0. The van der Waals surface area contributed by atoms with Crippen LogP contribution in [0.2, 0.25) is 0 Å². The van der Waals surface area contributed by atoms with Gasteiger partial charge in [0.15, 0.2) is 0 Å². The van der Waals surface area contributed by atoms with Crippen molar-refractivity contribution in [2.45, 2.75) is 56.8 Å². The van der Waals surface area contributed by atoms with Gasteiger partial charge in [-0.15, -0.1) is 13.2 Å². The van der Waals surface area contributed by atoms with Gasteiger partial charge in [-0.25, -0.2) is 0 Å². The van der Waals surface area contributed by atoms with Gasteiger partial charge in [0.2, 0.25) is 0 Å². The van der Waals surface area contributed by atoms with Crippen LogP contribution in [0.25, 0.3) is 0 Å². The third kappa shape index (κ3) is 3.49. The molecule has 2 fully saturated rings. The number of alkyl halides is 3. The van der Waals surface area contributed by atoms with Gasteiger partial charge in [0.1, 0.15) is 5.75 Å². The molecule has 116 valence electrons. The van der Waals surface area contributed by atoms with Crippen LogP contribution in [-0.4, -0.2) is 24.6 Å². The first-order valence-electron chi connectivity index (χ1n) is 7.18. The summed E-state index contributed by atoms with van der Waals surface area (Å²) in [5.41, 5.74) is 0.937. The predicted molar refractivity (Wildman–Crippen MR) is 71.0 cm³/mol. The Morgan fingerprint density at radius 3 is 2.48 bits per heavy atom. The van der Waals surface area contributed by atoms with Crippen LogP contribution in [0.3, 0.4) is 0 Å². The second-order valence-corrected chi connectivity index (χ2v) is 5.72. The van der Waals surface area contributed by atoms with Crippen LogP contribution in [0, 0.1) is 0 Å². The molecule has 1 N–H and O–H groups in total. The summed E-state index contributed by atoms with van der Waals surface area (Å²) < 4.78 is 46.0. The lowest BCUT2D eigenvalue weighted by Gasteiger charge is -2.25. The Balaban J connectivity index is 1.58. The van der Waals surface area contributed by atoms with Crippen molar-refractivity contribution in [3.8, 4) is 5.75 Å². The molecule has 0 amide bonds. The van der Waals surface area contributed by atoms with Crippen LogP contribution >= 0.6 is 0 Å². The molecular formula is C15H18F3NO2. The molecule has 1 aromatic carbocycles. The van der Waals surface area contributed by atoms with E-state index >= 15 is 0 Å². The van der Waals surface area contributed by atoms with E-state index in [1.54, 1.807) is 12.1 Å². The maximum atomic E-state index is 12.1. The molecule has 0 saturated carbocycles. The fraction of sp³-hybridized carbons (Fsp3) is 0.600. The highest BCUT2D eigenvalue weighted by atomic mass is 19.4. The van der Waals surface area contributed by atoms with Gasteiger partial charge in [0.25, 0.3) is 0 Å². The van der Waals surface area contributed by atoms with Crippen LogP contribution < -0.4 is 10.1 Å². The summed E-state index contributed by atoms with van der Waals surface area (Å²) in [7, 11) is 0. The van der Waals surface area contributed by atoms with Gasteiger partial charge >= 0.3 is 6.36 Å². The van der Waals surface area contributed by atoms with Crippen molar-refractivity contribution >= 4 is 0 Å². The minimum absolute atomic E-state index is 0.0675. The Morgan fingerprint density at radius 1 is 1.24 bits per heavy atom. The molecular weight excluding hydrogens is 283 g/mol. The van der Waals surface area contributed by atoms with Gasteiger partial charge in [-0.1, -0.05) is 12.1 Å². The monoisotopic (exact) mass is 301 g/mol. The van der Waals surface area contributed by atoms with Crippen molar-refractivity contribution < 1.29 is 22.6 Å². The van der Waals surface area contributed by atoms with Crippen molar-refractivity contribution in [2.24, 2.45) is 0 Å². The summed E-state index contributed by atoms with van der Waals surface area (Å²) in [6, 6.07) is 6.42. The molecule has 0 radical (unpaired) electrons. The van der Waals surface area contributed by atoms with Crippen molar-refractivity contribution in [1.29, 1.82) is 0 Å². The SMILES string of the molecule is CC(NC1CC2CCC1O2)c1ccc(OC(F)(F)F)cc1. The molecule has 2 bridgehead atoms. The molecule has 4 unspecified atom stereocenters. The van der Waals surface area contributed by atoms with E-state index < -0.39 is 6.36 Å². The van der Waals surface area contributed by atoms with Crippen molar-refractivity contribution in [3.05, 3.63) is 29.8 Å². The van der Waals surface area contributed by atoms with Gasteiger partial charge in [0.05, 0.1) is 12.2 Å². The molecule has 0 aromatic heterocycles. The highest BCUT2D eigenvalue weighted by Gasteiger charge is 2.41. The lowest BCUT2D eigenvalue weighted by atomic mass is 9.94. The fourth-order valence-electron chi connectivity index (χ4n) is 3.19. The molecule has 2 heterocycles. The Labute approximate surface area is 121 Å². The normalized spacial score (nSPS) is 29.6. The highest BCUT2D eigenvalue weighted by molar-refractivity contribution is 5.29. The summed E-state index contributed by atoms with van der Waals surface area (Å²) in [6.07, 6.45) is -0.739. The highest BCUT2D eigenvalue weighted by Crippen LogP contribution is 2.35. The van der Waals surface area contributed by atoms with Crippen LogP contribution in [0.5, 0.6) is 5.75 Å². The van der Waals surface area contributed by atoms with Crippen molar-refractivity contribution in [2.75, 3.05) is 0 Å². The molecule has 0 aliphatic carbocycles. The largest absolute Gasteiger partial charge is 0.573 e. The Morgan fingerprint density at radius 2 is 1.95 bits per heavy atom. The Bertz CT molecular complexity index is 489. The molecule has 1 aromatic rings. The fourth-order valence-corrected chi connectivity index (χ4v) is 3.19. The zero-order chi connectivity index (χ0) is 15.0. The molecule has 4 atom stereocenters. The topological polar surface area (TPSA) is 30.5 Å². The first-order valence-corrected chi connectivity index (χ1v) is 7.18. The third-order valence-corrected chi connectivity index (χ3v) is 4.18. The molecule has 2 saturated heterocycles. The summed E-state index contributed by atoms with van der Waals surface area (Å²) in [5, 5.41) is 3.51. The van der Waals surface area contributed by atoms with E-state index in [4.69, 9.17) is 4.74 Å². The number of fused-ring (bicyclic) bond motifs is 2. The average molecular weight is 301 g/mol. The van der Waals surface area contributed by atoms with E-state index in [0.717, 1.165) is 24.8 Å². The van der Waals surface area contributed by atoms with Gasteiger partial charge in [-0.3, -0.25) is 0 Å². The molecule has 3 rings (SSSR count). The minimum atomic E-state index is -4.65. The average Bonchev–Trinajstić information content (AvgIpc) is 3.00. The number of nitrogens with one attached hydrogen (secondary N) is 1. The number of hydrogen-bond acceptors (Lipinski definition) is 3. The standard InChI is InChI=1S/C15H18F3NO2/c1-9(19-13-8-12-6-7-14(13)20-12)10-2-4-11(5-3-10)21-15(16,17)18/h2-5,9,12-14,19H,6-8H2,1H3. The van der Waals surface area contributed by atoms with Crippen LogP contribution in [0.4, 0.5) is 13.2 Å². The third-order valence-electron chi connectivity index (χ3n) is 4.18. The van der Waals surface area contributed by atoms with Gasteiger partial charge in [-0.05, 0) is 43.9 Å². The van der Waals surface area contributed by atoms with E-state index in [0.29, 0.717) is 12.1 Å². The maximum Gasteiger partial charge on any atom is 0.573 e. The summed E-state index contributed by atoms with van der Waals surface area (Å²) in [5.74, 6) is -0.193. The Kier molecular flexibility index (Phi) is 3.84. The van der Waals surface area contributed by atoms with E-state index in [1.807, 2.05) is 6.92 Å². The summed E-state index contributed by atoms with van der Waals surface area (Å²) >= 11 is 0. The number of halogens is 3. The second kappa shape index (κ2) is 5.50. The van der Waals surface area contributed by atoms with Gasteiger partial charge in [0, 0.05) is 12.1 Å².